The van der Waals surface area contributed by atoms with E-state index in [2.05, 4.69) is 39.1 Å². The molecular formula is C15H23NO. The van der Waals surface area contributed by atoms with Gasteiger partial charge in [0.2, 0.25) is 0 Å². The average molecular weight is 233 g/mol. The lowest BCUT2D eigenvalue weighted by atomic mass is 9.92. The van der Waals surface area contributed by atoms with Gasteiger partial charge in [0.25, 0.3) is 5.91 Å². The average Bonchev–Trinajstić information content (AvgIpc) is 2.63. The molecule has 17 heavy (non-hydrogen) atoms. The number of fused-ring (bicyclic) bond motifs is 1. The number of aryl methyl sites for hydroxylation is 1. The quantitative estimate of drug-likeness (QED) is 0.786. The lowest BCUT2D eigenvalue weighted by Gasteiger charge is -2.11. The Morgan fingerprint density at radius 3 is 2.41 bits per heavy atom. The topological polar surface area (TPSA) is 29.1 Å². The molecule has 1 amide bonds. The molecule has 1 heterocycles. The molecule has 94 valence electrons. The Morgan fingerprint density at radius 1 is 1.29 bits per heavy atom. The van der Waals surface area contributed by atoms with Crippen LogP contribution in [0.5, 0.6) is 0 Å². The summed E-state index contributed by atoms with van der Waals surface area (Å²) in [5.74, 6) is 0.567. The van der Waals surface area contributed by atoms with Gasteiger partial charge in [0.1, 0.15) is 0 Å². The minimum absolute atomic E-state index is 0.0833. The van der Waals surface area contributed by atoms with E-state index in [9.17, 15) is 4.79 Å². The van der Waals surface area contributed by atoms with Crippen LogP contribution in [0.3, 0.4) is 0 Å². The molecule has 0 bridgehead atoms. The number of amides is 1. The van der Waals surface area contributed by atoms with Gasteiger partial charge in [-0.3, -0.25) is 4.79 Å². The van der Waals surface area contributed by atoms with Crippen LogP contribution < -0.4 is 5.32 Å². The Bertz CT molecular complexity index is 408. The monoisotopic (exact) mass is 233 g/mol. The highest BCUT2D eigenvalue weighted by Crippen LogP contribution is 2.28. The molecule has 0 unspecified atom stereocenters. The predicted molar refractivity (Wildman–Crippen MR) is 72.4 cm³/mol. The minimum atomic E-state index is 0.0833. The molecule has 0 saturated heterocycles. The van der Waals surface area contributed by atoms with Crippen molar-refractivity contribution in [3.8, 4) is 0 Å². The first-order chi connectivity index (χ1) is 8.02. The minimum Gasteiger partial charge on any atom is -0.348 e. The van der Waals surface area contributed by atoms with Gasteiger partial charge in [0.05, 0.1) is 0 Å². The van der Waals surface area contributed by atoms with Gasteiger partial charge in [-0.25, -0.2) is 0 Å². The first-order valence-electron chi connectivity index (χ1n) is 6.43. The smallest absolute Gasteiger partial charge is 0.252 e. The highest BCUT2D eigenvalue weighted by molar-refractivity contribution is 6.00. The Kier molecular flexibility index (Phi) is 4.73. The molecule has 2 nitrogen and oxygen atoms in total. The fourth-order valence-electron chi connectivity index (χ4n) is 2.09. The first-order valence-corrected chi connectivity index (χ1v) is 6.43. The second-order valence-electron chi connectivity index (χ2n) is 4.87. The third kappa shape index (κ3) is 2.87. The van der Waals surface area contributed by atoms with Crippen LogP contribution >= 0.6 is 0 Å². The fourth-order valence-corrected chi connectivity index (χ4v) is 2.09. The highest BCUT2D eigenvalue weighted by atomic mass is 16.1. The number of benzene rings is 1. The van der Waals surface area contributed by atoms with E-state index in [1.54, 1.807) is 0 Å². The van der Waals surface area contributed by atoms with E-state index in [0.717, 1.165) is 11.1 Å². The molecule has 1 N–H and O–H groups in total. The number of carbonyl (C=O) groups excluding carboxylic acids is 1. The molecule has 2 heteroatoms. The van der Waals surface area contributed by atoms with Gasteiger partial charge < -0.3 is 5.32 Å². The van der Waals surface area contributed by atoms with E-state index in [0.29, 0.717) is 12.5 Å². The molecule has 0 radical (unpaired) electrons. The molecule has 1 aromatic rings. The second-order valence-corrected chi connectivity index (χ2v) is 4.87. The zero-order valence-electron chi connectivity index (χ0n) is 11.6. The molecule has 1 aliphatic rings. The highest BCUT2D eigenvalue weighted by Gasteiger charge is 2.24. The predicted octanol–water partition coefficient (Wildman–Crippen LogP) is 3.78. The summed E-state index contributed by atoms with van der Waals surface area (Å²) in [7, 11) is 0. The molecule has 0 fully saturated rings. The second kappa shape index (κ2) is 5.85. The molecule has 0 aliphatic carbocycles. The van der Waals surface area contributed by atoms with Gasteiger partial charge >= 0.3 is 0 Å². The van der Waals surface area contributed by atoms with Crippen LogP contribution in [0.2, 0.25) is 0 Å². The molecule has 1 aromatic carbocycles. The SMILES string of the molecule is CCC.Cc1ccc(C(C)C)c2c1C(=O)NC2. The van der Waals surface area contributed by atoms with Crippen LogP contribution in [0.1, 0.15) is 67.1 Å². The summed E-state index contributed by atoms with van der Waals surface area (Å²) in [5, 5.41) is 2.88. The summed E-state index contributed by atoms with van der Waals surface area (Å²) in [5.41, 5.74) is 4.48. The molecule has 0 atom stereocenters. The zero-order valence-corrected chi connectivity index (χ0v) is 11.6. The largest absolute Gasteiger partial charge is 0.348 e. The van der Waals surface area contributed by atoms with Gasteiger partial charge in [-0.1, -0.05) is 46.2 Å². The maximum Gasteiger partial charge on any atom is 0.252 e. The van der Waals surface area contributed by atoms with Gasteiger partial charge in [-0.05, 0) is 29.5 Å². The van der Waals surface area contributed by atoms with E-state index in [1.807, 2.05) is 13.0 Å². The number of hydrogen-bond acceptors (Lipinski definition) is 1. The fraction of sp³-hybridized carbons (Fsp3) is 0.533. The Balaban J connectivity index is 0.000000437. The molecular weight excluding hydrogens is 210 g/mol. The van der Waals surface area contributed by atoms with Crippen molar-refractivity contribution in [2.24, 2.45) is 0 Å². The Labute approximate surface area is 104 Å². The van der Waals surface area contributed by atoms with Crippen LogP contribution in [0.15, 0.2) is 12.1 Å². The van der Waals surface area contributed by atoms with E-state index in [1.165, 1.54) is 17.5 Å². The van der Waals surface area contributed by atoms with E-state index < -0.39 is 0 Å². The molecule has 2 rings (SSSR count). The third-order valence-corrected chi connectivity index (χ3v) is 2.83. The van der Waals surface area contributed by atoms with Crippen molar-refractivity contribution < 1.29 is 4.79 Å². The number of hydrogen-bond donors (Lipinski definition) is 1. The van der Waals surface area contributed by atoms with Crippen molar-refractivity contribution in [3.05, 3.63) is 34.4 Å². The maximum atomic E-state index is 11.6. The van der Waals surface area contributed by atoms with Crippen molar-refractivity contribution in [1.29, 1.82) is 0 Å². The summed E-state index contributed by atoms with van der Waals surface area (Å²) in [4.78, 5) is 11.6. The standard InChI is InChI=1S/C12H15NO.C3H8/c1-7(2)9-5-4-8(3)11-10(9)6-13-12(11)14;1-3-2/h4-5,7H,6H2,1-3H3,(H,13,14);3H2,1-2H3. The lowest BCUT2D eigenvalue weighted by molar-refractivity contribution is 0.0965. The summed E-state index contributed by atoms with van der Waals surface area (Å²) in [6, 6.07) is 4.18. The third-order valence-electron chi connectivity index (χ3n) is 2.83. The van der Waals surface area contributed by atoms with Crippen molar-refractivity contribution in [1.82, 2.24) is 5.32 Å². The summed E-state index contributed by atoms with van der Waals surface area (Å²) < 4.78 is 0. The Hall–Kier alpha value is -1.31. The summed E-state index contributed by atoms with van der Waals surface area (Å²) in [6.07, 6.45) is 1.25. The van der Waals surface area contributed by atoms with Gasteiger partial charge in [0, 0.05) is 12.1 Å². The Morgan fingerprint density at radius 2 is 1.88 bits per heavy atom. The van der Waals surface area contributed by atoms with Crippen LogP contribution in [-0.4, -0.2) is 5.91 Å². The van der Waals surface area contributed by atoms with Gasteiger partial charge in [-0.15, -0.1) is 0 Å². The van der Waals surface area contributed by atoms with E-state index in [-0.39, 0.29) is 5.91 Å². The lowest BCUT2D eigenvalue weighted by Crippen LogP contribution is -2.13. The first kappa shape index (κ1) is 13.8. The van der Waals surface area contributed by atoms with Gasteiger partial charge in [-0.2, -0.15) is 0 Å². The van der Waals surface area contributed by atoms with Crippen molar-refractivity contribution in [2.75, 3.05) is 0 Å². The van der Waals surface area contributed by atoms with E-state index in [4.69, 9.17) is 0 Å². The van der Waals surface area contributed by atoms with Crippen LogP contribution in [0.25, 0.3) is 0 Å². The summed E-state index contributed by atoms with van der Waals surface area (Å²) >= 11 is 0. The van der Waals surface area contributed by atoms with Crippen molar-refractivity contribution in [3.63, 3.8) is 0 Å². The van der Waals surface area contributed by atoms with Gasteiger partial charge in [0.15, 0.2) is 0 Å². The molecule has 0 aromatic heterocycles. The number of nitrogens with one attached hydrogen (secondary N) is 1. The van der Waals surface area contributed by atoms with E-state index >= 15 is 0 Å². The van der Waals surface area contributed by atoms with Crippen LogP contribution in [0, 0.1) is 6.92 Å². The summed E-state index contributed by atoms with van der Waals surface area (Å²) in [6.45, 7) is 11.3. The molecule has 1 aliphatic heterocycles. The number of carbonyl (C=O) groups is 1. The molecule has 0 spiro atoms. The van der Waals surface area contributed by atoms with Crippen molar-refractivity contribution >= 4 is 5.91 Å². The normalized spacial score (nSPS) is 12.9. The van der Waals surface area contributed by atoms with Crippen LogP contribution in [0.4, 0.5) is 0 Å². The number of rotatable bonds is 1. The maximum absolute atomic E-state index is 11.6. The van der Waals surface area contributed by atoms with Crippen LogP contribution in [-0.2, 0) is 6.54 Å². The van der Waals surface area contributed by atoms with Crippen molar-refractivity contribution in [2.45, 2.75) is 53.5 Å². The molecule has 0 saturated carbocycles. The zero-order chi connectivity index (χ0) is 13.0.